The maximum absolute atomic E-state index is 12.7. The lowest BCUT2D eigenvalue weighted by Crippen LogP contribution is -2.19. The van der Waals surface area contributed by atoms with Crippen LogP contribution in [0.25, 0.3) is 0 Å². The van der Waals surface area contributed by atoms with Crippen molar-refractivity contribution in [3.05, 3.63) is 53.1 Å². The number of ether oxygens (including phenoxy) is 1. The van der Waals surface area contributed by atoms with Gasteiger partial charge in [0.05, 0.1) is 12.9 Å². The van der Waals surface area contributed by atoms with Gasteiger partial charge in [-0.1, -0.05) is 23.7 Å². The third kappa shape index (κ3) is 4.02. The van der Waals surface area contributed by atoms with Crippen molar-refractivity contribution in [3.63, 3.8) is 0 Å². The Kier molecular flexibility index (Phi) is 5.12. The number of hydrogen-bond donors (Lipinski definition) is 2. The number of rotatable bonds is 5. The predicted molar refractivity (Wildman–Crippen MR) is 98.6 cm³/mol. The summed E-state index contributed by atoms with van der Waals surface area (Å²) in [5, 5.41) is 2.94. The van der Waals surface area contributed by atoms with Crippen LogP contribution in [-0.2, 0) is 14.8 Å². The number of hydrogen-bond acceptors (Lipinski definition) is 5. The molecule has 0 aromatic heterocycles. The number of nitrogens with one attached hydrogen (secondary N) is 2. The first-order valence-electron chi connectivity index (χ1n) is 7.26. The van der Waals surface area contributed by atoms with Gasteiger partial charge < -0.3 is 10.1 Å². The van der Waals surface area contributed by atoms with Gasteiger partial charge in [0.15, 0.2) is 0 Å². The third-order valence-electron chi connectivity index (χ3n) is 3.53. The van der Waals surface area contributed by atoms with E-state index in [0.717, 1.165) is 5.56 Å². The first kappa shape index (κ1) is 17.9. The minimum Gasteiger partial charge on any atom is -0.495 e. The lowest BCUT2D eigenvalue weighted by atomic mass is 10.2. The van der Waals surface area contributed by atoms with E-state index in [1.54, 1.807) is 24.3 Å². The largest absolute Gasteiger partial charge is 0.495 e. The topological polar surface area (TPSA) is 84.5 Å². The molecule has 6 nitrogen and oxygen atoms in total. The number of methoxy groups -OCH3 is 1. The second-order valence-electron chi connectivity index (χ2n) is 5.28. The van der Waals surface area contributed by atoms with E-state index in [2.05, 4.69) is 10.0 Å². The number of halogens is 1. The normalized spacial score (nSPS) is 17.2. The third-order valence-corrected chi connectivity index (χ3v) is 6.32. The molecule has 1 unspecified atom stereocenters. The summed E-state index contributed by atoms with van der Waals surface area (Å²) in [6, 6.07) is 11.3. The summed E-state index contributed by atoms with van der Waals surface area (Å²) in [4.78, 5) is 11.3. The number of thioether (sulfide) groups is 1. The van der Waals surface area contributed by atoms with Crippen LogP contribution in [0.15, 0.2) is 47.4 Å². The summed E-state index contributed by atoms with van der Waals surface area (Å²) in [6.45, 7) is 0. The van der Waals surface area contributed by atoms with Crippen molar-refractivity contribution in [2.24, 2.45) is 0 Å². The summed E-state index contributed by atoms with van der Waals surface area (Å²) in [5.74, 6) is 0.552. The summed E-state index contributed by atoms with van der Waals surface area (Å²) >= 11 is 7.38. The van der Waals surface area contributed by atoms with Gasteiger partial charge in [-0.3, -0.25) is 9.52 Å². The highest BCUT2D eigenvalue weighted by Gasteiger charge is 2.24. The van der Waals surface area contributed by atoms with E-state index in [-0.39, 0.29) is 21.9 Å². The molecule has 2 N–H and O–H groups in total. The smallest absolute Gasteiger partial charge is 0.265 e. The molecule has 132 valence electrons. The molecule has 0 radical (unpaired) electrons. The molecule has 9 heteroatoms. The van der Waals surface area contributed by atoms with Gasteiger partial charge in [-0.2, -0.15) is 0 Å². The molecule has 1 amide bonds. The van der Waals surface area contributed by atoms with Crippen LogP contribution >= 0.6 is 23.4 Å². The fourth-order valence-corrected chi connectivity index (χ4v) is 4.84. The summed E-state index contributed by atoms with van der Waals surface area (Å²) < 4.78 is 33.0. The van der Waals surface area contributed by atoms with Gasteiger partial charge in [0, 0.05) is 10.7 Å². The Balaban J connectivity index is 1.89. The van der Waals surface area contributed by atoms with Crippen molar-refractivity contribution in [1.29, 1.82) is 0 Å². The number of amides is 1. The van der Waals surface area contributed by atoms with E-state index >= 15 is 0 Å². The minimum atomic E-state index is -3.88. The molecule has 0 saturated carbocycles. The highest BCUT2D eigenvalue weighted by molar-refractivity contribution is 8.00. The Bertz CT molecular complexity index is 918. The van der Waals surface area contributed by atoms with E-state index < -0.39 is 10.0 Å². The van der Waals surface area contributed by atoms with Gasteiger partial charge in [-0.15, -0.1) is 11.8 Å². The molecule has 1 fully saturated rings. The van der Waals surface area contributed by atoms with Gasteiger partial charge in [-0.05, 0) is 35.9 Å². The Labute approximate surface area is 155 Å². The van der Waals surface area contributed by atoms with Crippen LogP contribution in [0, 0.1) is 0 Å². The molecule has 0 aliphatic carbocycles. The number of carbonyl (C=O) groups excluding carboxylic acids is 1. The van der Waals surface area contributed by atoms with Crippen molar-refractivity contribution in [1.82, 2.24) is 5.32 Å². The maximum atomic E-state index is 12.7. The molecule has 1 saturated heterocycles. The fraction of sp³-hybridized carbons (Fsp3) is 0.188. The van der Waals surface area contributed by atoms with E-state index in [4.69, 9.17) is 16.3 Å². The zero-order chi connectivity index (χ0) is 18.0. The Morgan fingerprint density at radius 3 is 2.76 bits per heavy atom. The molecule has 0 bridgehead atoms. The average molecular weight is 399 g/mol. The zero-order valence-corrected chi connectivity index (χ0v) is 15.5. The molecule has 1 aliphatic heterocycles. The van der Waals surface area contributed by atoms with Gasteiger partial charge in [0.1, 0.15) is 16.0 Å². The molecule has 2 aromatic carbocycles. The molecule has 0 spiro atoms. The highest BCUT2D eigenvalue weighted by atomic mass is 35.5. The monoisotopic (exact) mass is 398 g/mol. The van der Waals surface area contributed by atoms with Crippen LogP contribution in [0.5, 0.6) is 5.75 Å². The summed E-state index contributed by atoms with van der Waals surface area (Å²) in [7, 11) is -2.49. The van der Waals surface area contributed by atoms with E-state index in [9.17, 15) is 13.2 Å². The SMILES string of the molecule is COc1ccc(Cl)cc1S(=O)(=O)Nc1cccc(C2NC(=O)CS2)c1. The molecule has 3 rings (SSSR count). The Hall–Kier alpha value is -1.90. The Morgan fingerprint density at radius 2 is 2.08 bits per heavy atom. The zero-order valence-electron chi connectivity index (χ0n) is 13.2. The lowest BCUT2D eigenvalue weighted by molar-refractivity contribution is -0.118. The van der Waals surface area contributed by atoms with Crippen LogP contribution in [0.1, 0.15) is 10.9 Å². The number of benzene rings is 2. The van der Waals surface area contributed by atoms with Crippen molar-refractivity contribution in [3.8, 4) is 5.75 Å². The molecular formula is C16H15ClN2O4S2. The Morgan fingerprint density at radius 1 is 1.28 bits per heavy atom. The van der Waals surface area contributed by atoms with Gasteiger partial charge in [0.25, 0.3) is 10.0 Å². The number of anilines is 1. The van der Waals surface area contributed by atoms with Crippen LogP contribution < -0.4 is 14.8 Å². The van der Waals surface area contributed by atoms with Crippen LogP contribution in [0.3, 0.4) is 0 Å². The minimum absolute atomic E-state index is 0.0374. The van der Waals surface area contributed by atoms with Gasteiger partial charge >= 0.3 is 0 Å². The van der Waals surface area contributed by atoms with Gasteiger partial charge in [0.2, 0.25) is 5.91 Å². The van der Waals surface area contributed by atoms with E-state index in [1.165, 1.54) is 31.0 Å². The number of carbonyl (C=O) groups is 1. The molecular weight excluding hydrogens is 384 g/mol. The van der Waals surface area contributed by atoms with Crippen molar-refractivity contribution in [2.75, 3.05) is 17.6 Å². The van der Waals surface area contributed by atoms with E-state index in [1.807, 2.05) is 6.07 Å². The van der Waals surface area contributed by atoms with Crippen LogP contribution in [-0.4, -0.2) is 27.2 Å². The lowest BCUT2D eigenvalue weighted by Gasteiger charge is -2.14. The predicted octanol–water partition coefficient (Wildman–Crippen LogP) is 3.01. The van der Waals surface area contributed by atoms with Crippen LogP contribution in [0.4, 0.5) is 5.69 Å². The highest BCUT2D eigenvalue weighted by Crippen LogP contribution is 2.33. The van der Waals surface area contributed by atoms with Crippen LogP contribution in [0.2, 0.25) is 5.02 Å². The van der Waals surface area contributed by atoms with Crippen molar-refractivity contribution in [2.45, 2.75) is 10.3 Å². The molecule has 1 aliphatic rings. The van der Waals surface area contributed by atoms with E-state index in [0.29, 0.717) is 16.5 Å². The summed E-state index contributed by atoms with van der Waals surface area (Å²) in [5.41, 5.74) is 1.20. The standard InChI is InChI=1S/C16H15ClN2O4S2/c1-23-13-6-5-11(17)8-14(13)25(21,22)19-12-4-2-3-10(7-12)16-18-15(20)9-24-16/h2-8,16,19H,9H2,1H3,(H,18,20). The fourth-order valence-electron chi connectivity index (χ4n) is 2.40. The number of sulfonamides is 1. The maximum Gasteiger partial charge on any atom is 0.265 e. The molecule has 1 atom stereocenters. The second-order valence-corrected chi connectivity index (χ2v) is 8.47. The van der Waals surface area contributed by atoms with Gasteiger partial charge in [-0.25, -0.2) is 8.42 Å². The average Bonchev–Trinajstić information content (AvgIpc) is 3.01. The first-order valence-corrected chi connectivity index (χ1v) is 10.2. The van der Waals surface area contributed by atoms with Crippen molar-refractivity contribution >= 4 is 45.0 Å². The molecule has 25 heavy (non-hydrogen) atoms. The molecule has 1 heterocycles. The van der Waals surface area contributed by atoms with Crippen molar-refractivity contribution < 1.29 is 17.9 Å². The first-order chi connectivity index (χ1) is 11.9. The second kappa shape index (κ2) is 7.15. The summed E-state index contributed by atoms with van der Waals surface area (Å²) in [6.07, 6.45) is 0. The quantitative estimate of drug-likeness (QED) is 0.808. The molecule has 2 aromatic rings.